The minimum atomic E-state index is -0.607. The lowest BCUT2D eigenvalue weighted by atomic mass is 9.74. The smallest absolute Gasteiger partial charge is 0.319 e. The van der Waals surface area contributed by atoms with Crippen LogP contribution in [0.5, 0.6) is 0 Å². The van der Waals surface area contributed by atoms with E-state index in [-0.39, 0.29) is 12.3 Å². The zero-order valence-electron chi connectivity index (χ0n) is 13.4. The number of hydrogen-bond donors (Lipinski definition) is 1. The van der Waals surface area contributed by atoms with Crippen LogP contribution in [-0.4, -0.2) is 25.0 Å². The minimum Gasteiger partial charge on any atom is -0.393 e. The maximum atomic E-state index is 12.3. The van der Waals surface area contributed by atoms with Crippen molar-refractivity contribution in [2.24, 2.45) is 11.3 Å². The monoisotopic (exact) mass is 303 g/mol. The third kappa shape index (κ3) is 4.41. The number of hydrogen-bond acceptors (Lipinski definition) is 4. The van der Waals surface area contributed by atoms with Gasteiger partial charge in [0.25, 0.3) is 0 Å². The third-order valence-electron chi connectivity index (χ3n) is 4.55. The topological polar surface area (TPSA) is 55.4 Å². The fraction of sp³-hybridized carbons (Fsp3) is 0.556. The van der Waals surface area contributed by atoms with E-state index >= 15 is 0 Å². The van der Waals surface area contributed by atoms with Crippen molar-refractivity contribution in [1.29, 1.82) is 0 Å². The van der Waals surface area contributed by atoms with Gasteiger partial charge in [-0.3, -0.25) is 9.59 Å². The molecule has 120 valence electrons. The number of piperidine rings is 1. The molecule has 1 aromatic rings. The molecule has 0 amide bonds. The van der Waals surface area contributed by atoms with Gasteiger partial charge >= 0.3 is 11.9 Å². The van der Waals surface area contributed by atoms with E-state index in [0.717, 1.165) is 31.5 Å². The lowest BCUT2D eigenvalue weighted by Crippen LogP contribution is -2.41. The second-order valence-corrected chi connectivity index (χ2v) is 6.49. The molecule has 4 nitrogen and oxygen atoms in total. The van der Waals surface area contributed by atoms with Gasteiger partial charge in [-0.25, -0.2) is 0 Å². The van der Waals surface area contributed by atoms with Crippen molar-refractivity contribution in [3.05, 3.63) is 35.9 Å². The number of nitrogens with one attached hydrogen (secondary N) is 1. The SMILES string of the molecule is CC(C)(C(=O)OC(=O)CCc1ccccc1)C1CCNCC1. The first-order valence-electron chi connectivity index (χ1n) is 8.00. The zero-order valence-corrected chi connectivity index (χ0v) is 13.4. The Morgan fingerprint density at radius 3 is 2.45 bits per heavy atom. The molecular formula is C18H25NO3. The van der Waals surface area contributed by atoms with E-state index in [1.807, 2.05) is 44.2 Å². The number of carbonyl (C=O) groups is 2. The molecule has 1 aromatic carbocycles. The average molecular weight is 303 g/mol. The number of ether oxygens (including phenoxy) is 1. The first kappa shape index (κ1) is 16.7. The molecule has 1 N–H and O–H groups in total. The molecule has 0 aliphatic carbocycles. The maximum absolute atomic E-state index is 12.3. The molecule has 1 heterocycles. The Hall–Kier alpha value is -1.68. The highest BCUT2D eigenvalue weighted by Gasteiger charge is 2.39. The minimum absolute atomic E-state index is 0.234. The van der Waals surface area contributed by atoms with E-state index < -0.39 is 17.4 Å². The molecule has 1 aliphatic rings. The van der Waals surface area contributed by atoms with Crippen molar-refractivity contribution < 1.29 is 14.3 Å². The standard InChI is InChI=1S/C18H25NO3/c1-18(2,15-10-12-19-13-11-15)17(21)22-16(20)9-8-14-6-4-3-5-7-14/h3-7,15,19H,8-13H2,1-2H3. The summed E-state index contributed by atoms with van der Waals surface area (Å²) < 4.78 is 5.09. The van der Waals surface area contributed by atoms with Gasteiger partial charge in [0.1, 0.15) is 0 Å². The quantitative estimate of drug-likeness (QED) is 0.671. The van der Waals surface area contributed by atoms with Gasteiger partial charge in [0.05, 0.1) is 11.8 Å². The molecule has 2 rings (SSSR count). The van der Waals surface area contributed by atoms with Crippen LogP contribution >= 0.6 is 0 Å². The van der Waals surface area contributed by atoms with Crippen LogP contribution in [0.15, 0.2) is 30.3 Å². The molecule has 0 radical (unpaired) electrons. The number of benzene rings is 1. The molecule has 1 fully saturated rings. The van der Waals surface area contributed by atoms with E-state index in [1.165, 1.54) is 0 Å². The lowest BCUT2D eigenvalue weighted by molar-refractivity contribution is -0.168. The second-order valence-electron chi connectivity index (χ2n) is 6.49. The molecule has 1 aliphatic heterocycles. The molecule has 4 heteroatoms. The van der Waals surface area contributed by atoms with Gasteiger partial charge < -0.3 is 10.1 Å². The van der Waals surface area contributed by atoms with Crippen LogP contribution in [0.2, 0.25) is 0 Å². The van der Waals surface area contributed by atoms with Crippen LogP contribution in [0.1, 0.15) is 38.7 Å². The summed E-state index contributed by atoms with van der Waals surface area (Å²) in [4.78, 5) is 24.2. The summed E-state index contributed by atoms with van der Waals surface area (Å²) in [5, 5.41) is 3.29. The summed E-state index contributed by atoms with van der Waals surface area (Å²) in [5.41, 5.74) is 0.467. The Bertz CT molecular complexity index is 504. The average Bonchev–Trinajstić information content (AvgIpc) is 2.54. The fourth-order valence-corrected chi connectivity index (χ4v) is 2.89. The van der Waals surface area contributed by atoms with Crippen LogP contribution in [0, 0.1) is 11.3 Å². The lowest BCUT2D eigenvalue weighted by Gasteiger charge is -2.34. The van der Waals surface area contributed by atoms with Crippen molar-refractivity contribution in [1.82, 2.24) is 5.32 Å². The van der Waals surface area contributed by atoms with E-state index in [1.54, 1.807) is 0 Å². The highest BCUT2D eigenvalue weighted by Crippen LogP contribution is 2.34. The van der Waals surface area contributed by atoms with Crippen LogP contribution in [0.4, 0.5) is 0 Å². The Labute approximate surface area is 132 Å². The number of aryl methyl sites for hydroxylation is 1. The Balaban J connectivity index is 1.83. The number of esters is 2. The van der Waals surface area contributed by atoms with E-state index in [2.05, 4.69) is 5.32 Å². The second kappa shape index (κ2) is 7.54. The molecule has 22 heavy (non-hydrogen) atoms. The number of rotatable bonds is 5. The summed E-state index contributed by atoms with van der Waals surface area (Å²) >= 11 is 0. The van der Waals surface area contributed by atoms with Crippen molar-refractivity contribution in [2.45, 2.75) is 39.5 Å². The predicted molar refractivity (Wildman–Crippen MR) is 85.2 cm³/mol. The van der Waals surface area contributed by atoms with Crippen LogP contribution < -0.4 is 5.32 Å². The summed E-state index contributed by atoms with van der Waals surface area (Å²) in [6.45, 7) is 5.61. The first-order valence-corrected chi connectivity index (χ1v) is 8.00. The Kier molecular flexibility index (Phi) is 5.72. The largest absolute Gasteiger partial charge is 0.393 e. The highest BCUT2D eigenvalue weighted by atomic mass is 16.6. The van der Waals surface area contributed by atoms with Gasteiger partial charge in [0.2, 0.25) is 0 Å². The summed E-state index contributed by atoms with van der Waals surface area (Å²) in [7, 11) is 0. The summed E-state index contributed by atoms with van der Waals surface area (Å²) in [6, 6.07) is 9.74. The molecule has 0 atom stereocenters. The van der Waals surface area contributed by atoms with Gasteiger partial charge in [0, 0.05) is 0 Å². The maximum Gasteiger partial charge on any atom is 0.319 e. The third-order valence-corrected chi connectivity index (χ3v) is 4.55. The normalized spacial score (nSPS) is 16.3. The van der Waals surface area contributed by atoms with E-state index in [9.17, 15) is 9.59 Å². The highest BCUT2D eigenvalue weighted by molar-refractivity contribution is 5.88. The van der Waals surface area contributed by atoms with Gasteiger partial charge in [0.15, 0.2) is 0 Å². The fourth-order valence-electron chi connectivity index (χ4n) is 2.89. The molecule has 1 saturated heterocycles. The molecule has 0 unspecified atom stereocenters. The molecule has 0 aromatic heterocycles. The summed E-state index contributed by atoms with van der Waals surface area (Å²) in [6.07, 6.45) is 2.72. The van der Waals surface area contributed by atoms with Crippen LogP contribution in [0.25, 0.3) is 0 Å². The van der Waals surface area contributed by atoms with E-state index in [0.29, 0.717) is 6.42 Å². The first-order chi connectivity index (χ1) is 10.5. The van der Waals surface area contributed by atoms with Crippen molar-refractivity contribution in [2.75, 3.05) is 13.1 Å². The van der Waals surface area contributed by atoms with E-state index in [4.69, 9.17) is 4.74 Å². The zero-order chi connectivity index (χ0) is 16.0. The number of carbonyl (C=O) groups excluding carboxylic acids is 2. The molecular weight excluding hydrogens is 278 g/mol. The molecule has 0 spiro atoms. The molecule has 0 bridgehead atoms. The predicted octanol–water partition coefficient (Wildman–Crippen LogP) is 2.71. The van der Waals surface area contributed by atoms with Gasteiger partial charge in [-0.05, 0) is 57.7 Å². The summed E-state index contributed by atoms with van der Waals surface area (Å²) in [5.74, 6) is -0.559. The van der Waals surface area contributed by atoms with Crippen LogP contribution in [0.3, 0.4) is 0 Å². The molecule has 0 saturated carbocycles. The van der Waals surface area contributed by atoms with Gasteiger partial charge in [-0.15, -0.1) is 0 Å². The van der Waals surface area contributed by atoms with Crippen molar-refractivity contribution >= 4 is 11.9 Å². The van der Waals surface area contributed by atoms with Crippen LogP contribution in [-0.2, 0) is 20.7 Å². The van der Waals surface area contributed by atoms with Gasteiger partial charge in [-0.1, -0.05) is 30.3 Å². The van der Waals surface area contributed by atoms with Gasteiger partial charge in [-0.2, -0.15) is 0 Å². The Morgan fingerprint density at radius 1 is 1.18 bits per heavy atom. The van der Waals surface area contributed by atoms with Crippen molar-refractivity contribution in [3.63, 3.8) is 0 Å². The Morgan fingerprint density at radius 2 is 1.82 bits per heavy atom. The van der Waals surface area contributed by atoms with Crippen molar-refractivity contribution in [3.8, 4) is 0 Å².